The predicted octanol–water partition coefficient (Wildman–Crippen LogP) is 2.63. The Morgan fingerprint density at radius 2 is 1.92 bits per heavy atom. The summed E-state index contributed by atoms with van der Waals surface area (Å²) in [5.74, 6) is 1.41. The first kappa shape index (κ1) is 18.5. The SMILES string of the molecule is Cc1cc(C)nc(CCNC(=O)CN2CCCC(c3ccccc3)C2)n1. The fourth-order valence-corrected chi connectivity index (χ4v) is 3.68. The number of nitrogens with zero attached hydrogens (tertiary/aromatic N) is 3. The second-order valence-corrected chi connectivity index (χ2v) is 7.15. The van der Waals surface area contributed by atoms with Crippen molar-refractivity contribution in [2.45, 2.75) is 39.0 Å². The Bertz CT molecular complexity index is 712. The van der Waals surface area contributed by atoms with Crippen molar-refractivity contribution >= 4 is 5.91 Å². The standard InChI is InChI=1S/C21H28N4O/c1-16-13-17(2)24-20(23-16)10-11-22-21(26)15-25-12-6-9-19(14-25)18-7-4-3-5-8-18/h3-5,7-8,13,19H,6,9-12,14-15H2,1-2H3,(H,22,26). The van der Waals surface area contributed by atoms with Gasteiger partial charge >= 0.3 is 0 Å². The van der Waals surface area contributed by atoms with Crippen molar-refractivity contribution < 1.29 is 4.79 Å². The largest absolute Gasteiger partial charge is 0.355 e. The number of aromatic nitrogens is 2. The van der Waals surface area contributed by atoms with E-state index in [-0.39, 0.29) is 5.91 Å². The number of likely N-dealkylation sites (tertiary alicyclic amines) is 1. The Balaban J connectivity index is 1.44. The number of piperidine rings is 1. The van der Waals surface area contributed by atoms with Crippen molar-refractivity contribution in [1.29, 1.82) is 0 Å². The lowest BCUT2D eigenvalue weighted by molar-refractivity contribution is -0.122. The highest BCUT2D eigenvalue weighted by atomic mass is 16.2. The summed E-state index contributed by atoms with van der Waals surface area (Å²) in [6.07, 6.45) is 3.01. The van der Waals surface area contributed by atoms with Crippen LogP contribution in [0, 0.1) is 13.8 Å². The molecule has 0 radical (unpaired) electrons. The van der Waals surface area contributed by atoms with Crippen molar-refractivity contribution in [3.63, 3.8) is 0 Å². The summed E-state index contributed by atoms with van der Waals surface area (Å²) in [5.41, 5.74) is 3.32. The molecule has 26 heavy (non-hydrogen) atoms. The Labute approximate surface area is 155 Å². The van der Waals surface area contributed by atoms with Gasteiger partial charge in [0.1, 0.15) is 5.82 Å². The molecule has 1 aliphatic heterocycles. The van der Waals surface area contributed by atoms with Gasteiger partial charge in [-0.2, -0.15) is 0 Å². The molecular formula is C21H28N4O. The summed E-state index contributed by atoms with van der Waals surface area (Å²) in [6, 6.07) is 12.6. The van der Waals surface area contributed by atoms with Crippen LogP contribution in [-0.4, -0.2) is 47.0 Å². The van der Waals surface area contributed by atoms with Crippen LogP contribution in [0.5, 0.6) is 0 Å². The van der Waals surface area contributed by atoms with Gasteiger partial charge in [0.15, 0.2) is 0 Å². The molecule has 2 heterocycles. The van der Waals surface area contributed by atoms with Gasteiger partial charge in [-0.15, -0.1) is 0 Å². The van der Waals surface area contributed by atoms with E-state index in [1.807, 2.05) is 19.9 Å². The Morgan fingerprint density at radius 3 is 2.65 bits per heavy atom. The van der Waals surface area contributed by atoms with Crippen LogP contribution in [0.15, 0.2) is 36.4 Å². The van der Waals surface area contributed by atoms with Crippen molar-refractivity contribution in [1.82, 2.24) is 20.2 Å². The highest BCUT2D eigenvalue weighted by Gasteiger charge is 2.22. The summed E-state index contributed by atoms with van der Waals surface area (Å²) >= 11 is 0. The van der Waals surface area contributed by atoms with Crippen LogP contribution in [0.25, 0.3) is 0 Å². The molecule has 5 heteroatoms. The van der Waals surface area contributed by atoms with Crippen molar-refractivity contribution in [3.8, 4) is 0 Å². The number of rotatable bonds is 6. The minimum atomic E-state index is 0.0862. The lowest BCUT2D eigenvalue weighted by Crippen LogP contribution is -2.42. The van der Waals surface area contributed by atoms with Crippen LogP contribution in [0.4, 0.5) is 0 Å². The van der Waals surface area contributed by atoms with E-state index in [1.54, 1.807) is 0 Å². The number of hydrogen-bond acceptors (Lipinski definition) is 4. The maximum Gasteiger partial charge on any atom is 0.234 e. The zero-order valence-corrected chi connectivity index (χ0v) is 15.7. The van der Waals surface area contributed by atoms with Gasteiger partial charge in [0.2, 0.25) is 5.91 Å². The van der Waals surface area contributed by atoms with Crippen LogP contribution >= 0.6 is 0 Å². The summed E-state index contributed by atoms with van der Waals surface area (Å²) in [4.78, 5) is 23.4. The summed E-state index contributed by atoms with van der Waals surface area (Å²) in [6.45, 7) is 6.94. The Hall–Kier alpha value is -2.27. The molecule has 1 amide bonds. The van der Waals surface area contributed by atoms with Crippen LogP contribution in [0.1, 0.15) is 41.5 Å². The average molecular weight is 352 g/mol. The van der Waals surface area contributed by atoms with Gasteiger partial charge in [0.25, 0.3) is 0 Å². The van der Waals surface area contributed by atoms with Crippen molar-refractivity contribution in [2.75, 3.05) is 26.2 Å². The first-order chi connectivity index (χ1) is 12.6. The summed E-state index contributed by atoms with van der Waals surface area (Å²) < 4.78 is 0. The number of benzene rings is 1. The lowest BCUT2D eigenvalue weighted by Gasteiger charge is -2.32. The molecule has 3 rings (SSSR count). The molecule has 2 aromatic rings. The third kappa shape index (κ3) is 5.36. The van der Waals surface area contributed by atoms with E-state index in [4.69, 9.17) is 0 Å². The second-order valence-electron chi connectivity index (χ2n) is 7.15. The molecule has 1 unspecified atom stereocenters. The molecule has 5 nitrogen and oxygen atoms in total. The smallest absolute Gasteiger partial charge is 0.234 e. The van der Waals surface area contributed by atoms with Crippen LogP contribution < -0.4 is 5.32 Å². The molecule has 1 aliphatic rings. The molecule has 0 saturated carbocycles. The maximum atomic E-state index is 12.3. The maximum absolute atomic E-state index is 12.3. The van der Waals surface area contributed by atoms with E-state index in [0.717, 1.165) is 36.7 Å². The van der Waals surface area contributed by atoms with Gasteiger partial charge in [0, 0.05) is 30.9 Å². The predicted molar refractivity (Wildman–Crippen MR) is 103 cm³/mol. The quantitative estimate of drug-likeness (QED) is 0.868. The first-order valence-electron chi connectivity index (χ1n) is 9.45. The van der Waals surface area contributed by atoms with Crippen LogP contribution in [0.3, 0.4) is 0 Å². The van der Waals surface area contributed by atoms with Gasteiger partial charge < -0.3 is 5.32 Å². The molecular weight excluding hydrogens is 324 g/mol. The molecule has 1 N–H and O–H groups in total. The van der Waals surface area contributed by atoms with E-state index < -0.39 is 0 Å². The first-order valence-corrected chi connectivity index (χ1v) is 9.45. The molecule has 1 fully saturated rings. The number of amides is 1. The Morgan fingerprint density at radius 1 is 1.19 bits per heavy atom. The molecule has 138 valence electrons. The monoisotopic (exact) mass is 352 g/mol. The topological polar surface area (TPSA) is 58.1 Å². The average Bonchev–Trinajstić information content (AvgIpc) is 2.62. The highest BCUT2D eigenvalue weighted by Crippen LogP contribution is 2.26. The van der Waals surface area contributed by atoms with E-state index in [9.17, 15) is 4.79 Å². The summed E-state index contributed by atoms with van der Waals surface area (Å²) in [5, 5.41) is 3.01. The normalized spacial score (nSPS) is 17.8. The molecule has 0 aliphatic carbocycles. The van der Waals surface area contributed by atoms with E-state index in [2.05, 4.69) is 50.5 Å². The third-order valence-corrected chi connectivity index (χ3v) is 4.84. The number of aryl methyl sites for hydroxylation is 2. The fraction of sp³-hybridized carbons (Fsp3) is 0.476. The molecule has 0 spiro atoms. The van der Waals surface area contributed by atoms with Gasteiger partial charge in [-0.25, -0.2) is 9.97 Å². The second kappa shape index (κ2) is 8.90. The summed E-state index contributed by atoms with van der Waals surface area (Å²) in [7, 11) is 0. The van der Waals surface area contributed by atoms with E-state index >= 15 is 0 Å². The van der Waals surface area contributed by atoms with Gasteiger partial charge in [-0.1, -0.05) is 30.3 Å². The number of nitrogens with one attached hydrogen (secondary N) is 1. The zero-order chi connectivity index (χ0) is 18.4. The minimum absolute atomic E-state index is 0.0862. The Kier molecular flexibility index (Phi) is 6.34. The molecule has 1 saturated heterocycles. The number of hydrogen-bond donors (Lipinski definition) is 1. The van der Waals surface area contributed by atoms with Gasteiger partial charge in [-0.3, -0.25) is 9.69 Å². The van der Waals surface area contributed by atoms with E-state index in [0.29, 0.717) is 25.4 Å². The fourth-order valence-electron chi connectivity index (χ4n) is 3.68. The number of carbonyl (C=O) groups is 1. The molecule has 0 bridgehead atoms. The highest BCUT2D eigenvalue weighted by molar-refractivity contribution is 5.78. The third-order valence-electron chi connectivity index (χ3n) is 4.84. The van der Waals surface area contributed by atoms with Crippen molar-refractivity contribution in [2.24, 2.45) is 0 Å². The van der Waals surface area contributed by atoms with Crippen molar-refractivity contribution in [3.05, 3.63) is 59.2 Å². The minimum Gasteiger partial charge on any atom is -0.355 e. The number of carbonyl (C=O) groups excluding carboxylic acids is 1. The lowest BCUT2D eigenvalue weighted by atomic mass is 9.91. The van der Waals surface area contributed by atoms with Crippen LogP contribution in [-0.2, 0) is 11.2 Å². The van der Waals surface area contributed by atoms with E-state index in [1.165, 1.54) is 12.0 Å². The van der Waals surface area contributed by atoms with Gasteiger partial charge in [-0.05, 0) is 50.8 Å². The zero-order valence-electron chi connectivity index (χ0n) is 15.7. The molecule has 1 atom stereocenters. The van der Waals surface area contributed by atoms with Gasteiger partial charge in [0.05, 0.1) is 6.54 Å². The van der Waals surface area contributed by atoms with Crippen LogP contribution in [0.2, 0.25) is 0 Å². The molecule has 1 aromatic carbocycles. The molecule has 1 aromatic heterocycles.